The molecule has 7 nitrogen and oxygen atoms in total. The van der Waals surface area contributed by atoms with Crippen LogP contribution in [0.3, 0.4) is 0 Å². The highest BCUT2D eigenvalue weighted by Crippen LogP contribution is 2.30. The first-order valence-corrected chi connectivity index (χ1v) is 12.0. The number of hydrogen-bond donors (Lipinski definition) is 0. The van der Waals surface area contributed by atoms with E-state index in [-0.39, 0.29) is 5.56 Å². The maximum atomic E-state index is 13.7. The van der Waals surface area contributed by atoms with Crippen molar-refractivity contribution in [3.8, 4) is 5.69 Å². The quantitative estimate of drug-likeness (QED) is 0.417. The number of aryl methyl sites for hydroxylation is 1. The van der Waals surface area contributed by atoms with Gasteiger partial charge in [-0.25, -0.2) is 14.5 Å². The van der Waals surface area contributed by atoms with Gasteiger partial charge in [0.15, 0.2) is 4.80 Å². The minimum Gasteiger partial charge on any atom is -0.466 e. The number of esters is 1. The van der Waals surface area contributed by atoms with Crippen molar-refractivity contribution in [2.75, 3.05) is 7.11 Å². The van der Waals surface area contributed by atoms with Crippen molar-refractivity contribution in [1.82, 2.24) is 14.3 Å². The summed E-state index contributed by atoms with van der Waals surface area (Å²) in [5.41, 5.74) is 5.12. The van der Waals surface area contributed by atoms with Crippen molar-refractivity contribution in [3.63, 3.8) is 0 Å². The van der Waals surface area contributed by atoms with Gasteiger partial charge in [0.05, 0.1) is 40.3 Å². The Balaban J connectivity index is 1.72. The van der Waals surface area contributed by atoms with Crippen molar-refractivity contribution in [3.05, 3.63) is 114 Å². The van der Waals surface area contributed by atoms with Crippen LogP contribution in [0.5, 0.6) is 0 Å². The van der Waals surface area contributed by atoms with Gasteiger partial charge in [-0.3, -0.25) is 9.36 Å². The molecular formula is C27H24N4O3S. The molecule has 0 aliphatic carbocycles. The minimum absolute atomic E-state index is 0.206. The number of nitrogens with zero attached hydrogens (tertiary/aromatic N) is 4. The Kier molecular flexibility index (Phi) is 5.82. The van der Waals surface area contributed by atoms with E-state index in [9.17, 15) is 9.59 Å². The van der Waals surface area contributed by atoms with Crippen molar-refractivity contribution in [2.24, 2.45) is 4.99 Å². The Hall–Kier alpha value is -4.04. The summed E-state index contributed by atoms with van der Waals surface area (Å²) >= 11 is 1.31. The summed E-state index contributed by atoms with van der Waals surface area (Å²) in [6, 6.07) is 18.8. The molecule has 2 aromatic carbocycles. The number of carbonyl (C=O) groups is 1. The second-order valence-corrected chi connectivity index (χ2v) is 9.33. The van der Waals surface area contributed by atoms with Crippen molar-refractivity contribution < 1.29 is 9.53 Å². The molecular weight excluding hydrogens is 460 g/mol. The van der Waals surface area contributed by atoms with Crippen LogP contribution in [0.2, 0.25) is 0 Å². The van der Waals surface area contributed by atoms with Crippen LogP contribution >= 0.6 is 11.3 Å². The number of hydrogen-bond acceptors (Lipinski definition) is 6. The van der Waals surface area contributed by atoms with E-state index in [2.05, 4.69) is 4.99 Å². The van der Waals surface area contributed by atoms with E-state index < -0.39 is 12.0 Å². The van der Waals surface area contributed by atoms with Crippen molar-refractivity contribution in [1.29, 1.82) is 0 Å². The van der Waals surface area contributed by atoms with Gasteiger partial charge >= 0.3 is 5.97 Å². The molecule has 2 aromatic heterocycles. The number of ether oxygens (including phenoxy) is 1. The number of para-hydroxylation sites is 1. The zero-order chi connectivity index (χ0) is 24.7. The molecule has 0 bridgehead atoms. The summed E-state index contributed by atoms with van der Waals surface area (Å²) in [6.45, 7) is 5.70. The summed E-state index contributed by atoms with van der Waals surface area (Å²) in [4.78, 5) is 31.6. The zero-order valence-corrected chi connectivity index (χ0v) is 20.7. The first kappa shape index (κ1) is 22.7. The number of fused-ring (bicyclic) bond motifs is 1. The number of aromatic nitrogens is 3. The Labute approximate surface area is 206 Å². The van der Waals surface area contributed by atoms with Crippen LogP contribution in [-0.4, -0.2) is 27.4 Å². The molecule has 0 saturated heterocycles. The highest BCUT2D eigenvalue weighted by atomic mass is 32.1. The third kappa shape index (κ3) is 3.85. The van der Waals surface area contributed by atoms with E-state index in [1.165, 1.54) is 18.4 Å². The number of rotatable bonds is 4. The van der Waals surface area contributed by atoms with Crippen LogP contribution in [0.25, 0.3) is 11.8 Å². The standard InChI is InChI=1S/C27H24N4O3S/c1-16-21(18(3)31(29-16)20-13-9-6-10-14-20)15-22-25(32)30-24(19-11-7-5-8-12-19)23(26(33)34-4)17(2)28-27(30)35-22/h5-15,24H,1-4H3/b22-15-/t24-/m1/s1. The lowest BCUT2D eigenvalue weighted by molar-refractivity contribution is -0.136. The molecule has 8 heteroatoms. The molecule has 0 spiro atoms. The van der Waals surface area contributed by atoms with Gasteiger partial charge in [0.25, 0.3) is 5.56 Å². The molecule has 1 atom stereocenters. The largest absolute Gasteiger partial charge is 0.466 e. The van der Waals surface area contributed by atoms with E-state index in [4.69, 9.17) is 9.84 Å². The van der Waals surface area contributed by atoms with Crippen LogP contribution < -0.4 is 14.9 Å². The molecule has 35 heavy (non-hydrogen) atoms. The van der Waals surface area contributed by atoms with E-state index in [1.807, 2.05) is 85.3 Å². The summed E-state index contributed by atoms with van der Waals surface area (Å²) < 4.78 is 9.06. The monoisotopic (exact) mass is 484 g/mol. The fraction of sp³-hybridized carbons (Fsp3) is 0.185. The SMILES string of the molecule is COC(=O)C1=C(C)N=c2s/c(=C\c3c(C)nn(-c4ccccc4)c3C)c(=O)n2[C@@H]1c1ccccc1. The maximum absolute atomic E-state index is 13.7. The van der Waals surface area contributed by atoms with Crippen LogP contribution in [0.4, 0.5) is 0 Å². The van der Waals surface area contributed by atoms with Gasteiger partial charge < -0.3 is 4.74 Å². The third-order valence-corrected chi connectivity index (χ3v) is 7.15. The Morgan fingerprint density at radius 3 is 2.34 bits per heavy atom. The zero-order valence-electron chi connectivity index (χ0n) is 19.9. The van der Waals surface area contributed by atoms with Crippen molar-refractivity contribution >= 4 is 23.4 Å². The second-order valence-electron chi connectivity index (χ2n) is 8.32. The number of carbonyl (C=O) groups excluding carboxylic acids is 1. The van der Waals surface area contributed by atoms with Gasteiger partial charge in [-0.2, -0.15) is 5.10 Å². The number of methoxy groups -OCH3 is 1. The van der Waals surface area contributed by atoms with E-state index in [0.717, 1.165) is 28.2 Å². The molecule has 0 saturated carbocycles. The number of benzene rings is 2. The Bertz CT molecular complexity index is 1640. The topological polar surface area (TPSA) is 78.5 Å². The second kappa shape index (κ2) is 8.96. The molecule has 5 rings (SSSR count). The summed E-state index contributed by atoms with van der Waals surface area (Å²) in [5.74, 6) is -0.495. The fourth-order valence-corrected chi connectivity index (χ4v) is 5.49. The first-order valence-electron chi connectivity index (χ1n) is 11.2. The Morgan fingerprint density at radius 1 is 1.03 bits per heavy atom. The van der Waals surface area contributed by atoms with Crippen LogP contribution in [0.1, 0.15) is 35.5 Å². The lowest BCUT2D eigenvalue weighted by atomic mass is 9.96. The van der Waals surface area contributed by atoms with Crippen molar-refractivity contribution in [2.45, 2.75) is 26.8 Å². The lowest BCUT2D eigenvalue weighted by Crippen LogP contribution is -2.39. The summed E-state index contributed by atoms with van der Waals surface area (Å²) in [7, 11) is 1.34. The average molecular weight is 485 g/mol. The van der Waals surface area contributed by atoms with E-state index in [0.29, 0.717) is 20.6 Å². The van der Waals surface area contributed by atoms with Gasteiger partial charge in [-0.05, 0) is 44.5 Å². The van der Waals surface area contributed by atoms with Gasteiger partial charge in [0.2, 0.25) is 0 Å². The number of allylic oxidation sites excluding steroid dienone is 1. The van der Waals surface area contributed by atoms with Gasteiger partial charge in [-0.15, -0.1) is 0 Å². The van der Waals surface area contributed by atoms with Gasteiger partial charge in [-0.1, -0.05) is 59.9 Å². The fourth-order valence-electron chi connectivity index (χ4n) is 4.46. The normalized spacial score (nSPS) is 15.7. The molecule has 3 heterocycles. The minimum atomic E-state index is -0.615. The average Bonchev–Trinajstić information content (AvgIpc) is 3.34. The number of thiazole rings is 1. The Morgan fingerprint density at radius 2 is 1.69 bits per heavy atom. The van der Waals surface area contributed by atoms with Gasteiger partial charge in [0.1, 0.15) is 0 Å². The summed E-state index contributed by atoms with van der Waals surface area (Å²) in [5, 5.41) is 4.70. The third-order valence-electron chi connectivity index (χ3n) is 6.17. The van der Waals surface area contributed by atoms with E-state index in [1.54, 1.807) is 11.5 Å². The molecule has 0 unspecified atom stereocenters. The molecule has 4 aromatic rings. The lowest BCUT2D eigenvalue weighted by Gasteiger charge is -2.24. The predicted octanol–water partition coefficient (Wildman–Crippen LogP) is 3.21. The molecule has 0 radical (unpaired) electrons. The van der Waals surface area contributed by atoms with E-state index >= 15 is 0 Å². The molecule has 176 valence electrons. The first-order chi connectivity index (χ1) is 16.9. The van der Waals surface area contributed by atoms with Gasteiger partial charge in [0, 0.05) is 11.3 Å². The van der Waals surface area contributed by atoms with Crippen LogP contribution in [-0.2, 0) is 9.53 Å². The highest BCUT2D eigenvalue weighted by molar-refractivity contribution is 7.07. The highest BCUT2D eigenvalue weighted by Gasteiger charge is 2.33. The summed E-state index contributed by atoms with van der Waals surface area (Å²) in [6.07, 6.45) is 1.88. The van der Waals surface area contributed by atoms with Crippen LogP contribution in [0.15, 0.2) is 81.7 Å². The maximum Gasteiger partial charge on any atom is 0.338 e. The van der Waals surface area contributed by atoms with Crippen LogP contribution in [0, 0.1) is 13.8 Å². The predicted molar refractivity (Wildman–Crippen MR) is 135 cm³/mol. The smallest absolute Gasteiger partial charge is 0.338 e. The molecule has 0 N–H and O–H groups in total. The molecule has 0 fully saturated rings. The molecule has 1 aliphatic heterocycles. The molecule has 1 aliphatic rings. The molecule has 0 amide bonds.